The van der Waals surface area contributed by atoms with Gasteiger partial charge in [0.1, 0.15) is 5.82 Å². The molecule has 1 heterocycles. The number of terminal acetylenes is 1. The molecule has 3 aromatic rings. The molecule has 154 valence electrons. The molecule has 0 radical (unpaired) electrons. The lowest BCUT2D eigenvalue weighted by molar-refractivity contribution is 0.224. The van der Waals surface area contributed by atoms with Crippen LogP contribution in [0.2, 0.25) is 0 Å². The number of carbonyl (C=O) groups is 1. The first-order chi connectivity index (χ1) is 14.3. The van der Waals surface area contributed by atoms with Gasteiger partial charge in [-0.1, -0.05) is 42.5 Å². The molecule has 0 aliphatic rings. The van der Waals surface area contributed by atoms with Crippen molar-refractivity contribution in [3.63, 3.8) is 0 Å². The quantitative estimate of drug-likeness (QED) is 0.510. The number of hydrogen-bond donors (Lipinski definition) is 3. The summed E-state index contributed by atoms with van der Waals surface area (Å²) in [4.78, 5) is 16.4. The maximum Gasteiger partial charge on any atom is 0.320 e. The molecule has 1 aromatic heterocycles. The first-order valence-corrected chi connectivity index (χ1v) is 11.6. The Morgan fingerprint density at radius 2 is 1.97 bits per heavy atom. The fraction of sp³-hybridized carbons (Fsp3) is 0.143. The Bertz CT molecular complexity index is 1200. The second-order valence-electron chi connectivity index (χ2n) is 6.41. The molecule has 0 aliphatic carbocycles. The zero-order valence-corrected chi connectivity index (χ0v) is 17.6. The molecule has 1 atom stereocenters. The Hall–Kier alpha value is -3.19. The molecule has 0 bridgehead atoms. The maximum absolute atomic E-state index is 12.4. The summed E-state index contributed by atoms with van der Waals surface area (Å²) in [5.74, 6) is 2.64. The van der Waals surface area contributed by atoms with E-state index < -0.39 is 28.5 Å². The number of aliphatic hydroxyl groups excluding tert-OH is 1. The monoisotopic (exact) mass is 441 g/mol. The van der Waals surface area contributed by atoms with Crippen molar-refractivity contribution in [1.82, 2.24) is 10.3 Å². The number of amides is 2. The summed E-state index contributed by atoms with van der Waals surface area (Å²) in [6.07, 6.45) is 6.35. The zero-order valence-electron chi connectivity index (χ0n) is 16.0. The summed E-state index contributed by atoms with van der Waals surface area (Å²) >= 11 is 1.20. The largest absolute Gasteiger partial charge is 0.394 e. The first-order valence-electron chi connectivity index (χ1n) is 8.81. The lowest BCUT2D eigenvalue weighted by Crippen LogP contribution is -2.35. The van der Waals surface area contributed by atoms with E-state index in [-0.39, 0.29) is 16.3 Å². The van der Waals surface area contributed by atoms with Crippen LogP contribution in [-0.2, 0) is 9.84 Å². The molecule has 0 fully saturated rings. The summed E-state index contributed by atoms with van der Waals surface area (Å²) < 4.78 is 24.9. The van der Waals surface area contributed by atoms with Crippen molar-refractivity contribution in [2.24, 2.45) is 0 Å². The minimum atomic E-state index is -3.63. The number of rotatable bonds is 6. The molecule has 30 heavy (non-hydrogen) atoms. The molecule has 9 heteroatoms. The third kappa shape index (κ3) is 5.04. The molecule has 2 amide bonds. The molecule has 1 unspecified atom stereocenters. The second kappa shape index (κ2) is 9.09. The minimum absolute atomic E-state index is 0.0338. The molecule has 3 N–H and O–H groups in total. The highest BCUT2D eigenvalue weighted by Gasteiger charge is 2.23. The van der Waals surface area contributed by atoms with Gasteiger partial charge in [0.05, 0.1) is 17.5 Å². The molecule has 7 nitrogen and oxygen atoms in total. The van der Waals surface area contributed by atoms with E-state index in [1.807, 2.05) is 30.3 Å². The maximum atomic E-state index is 12.4. The van der Waals surface area contributed by atoms with E-state index in [1.165, 1.54) is 11.3 Å². The van der Waals surface area contributed by atoms with Gasteiger partial charge in [-0.05, 0) is 28.7 Å². The van der Waals surface area contributed by atoms with Gasteiger partial charge in [-0.25, -0.2) is 18.2 Å². The van der Waals surface area contributed by atoms with Crippen LogP contribution in [0.3, 0.4) is 0 Å². The van der Waals surface area contributed by atoms with Gasteiger partial charge in [0.15, 0.2) is 14.8 Å². The Labute approximate surface area is 178 Å². The SMILES string of the molecule is C#Cc1nc(NC(=O)NC(CO)c2ccc(-c3ccccc3)cc2S(C)(=O)=O)cs1. The fourth-order valence-electron chi connectivity index (χ4n) is 2.88. The van der Waals surface area contributed by atoms with Gasteiger partial charge in [0.25, 0.3) is 0 Å². The molecular weight excluding hydrogens is 422 g/mol. The molecule has 0 saturated carbocycles. The van der Waals surface area contributed by atoms with Crippen molar-refractivity contribution in [3.8, 4) is 23.5 Å². The topological polar surface area (TPSA) is 108 Å². The Balaban J connectivity index is 1.89. The number of sulfone groups is 1. The number of carbonyl (C=O) groups excluding carboxylic acids is 1. The van der Waals surface area contributed by atoms with Crippen LogP contribution in [0.4, 0.5) is 10.6 Å². The van der Waals surface area contributed by atoms with Crippen molar-refractivity contribution in [2.75, 3.05) is 18.2 Å². The molecule has 2 aromatic carbocycles. The summed E-state index contributed by atoms with van der Waals surface area (Å²) in [5.41, 5.74) is 1.86. The van der Waals surface area contributed by atoms with Crippen molar-refractivity contribution in [1.29, 1.82) is 0 Å². The van der Waals surface area contributed by atoms with Crippen LogP contribution in [0.5, 0.6) is 0 Å². The van der Waals surface area contributed by atoms with Gasteiger partial charge in [-0.3, -0.25) is 5.32 Å². The molecule has 0 aliphatic heterocycles. The lowest BCUT2D eigenvalue weighted by Gasteiger charge is -2.20. The van der Waals surface area contributed by atoms with Gasteiger partial charge in [0, 0.05) is 11.6 Å². The smallest absolute Gasteiger partial charge is 0.320 e. The fourth-order valence-corrected chi connectivity index (χ4v) is 4.42. The van der Waals surface area contributed by atoms with E-state index in [2.05, 4.69) is 21.5 Å². The summed E-state index contributed by atoms with van der Waals surface area (Å²) in [7, 11) is -3.63. The van der Waals surface area contributed by atoms with Crippen LogP contribution in [0, 0.1) is 12.3 Å². The summed E-state index contributed by atoms with van der Waals surface area (Å²) in [5, 5.41) is 16.9. The minimum Gasteiger partial charge on any atom is -0.394 e. The number of aliphatic hydroxyl groups is 1. The van der Waals surface area contributed by atoms with Gasteiger partial charge in [0.2, 0.25) is 0 Å². The molecule has 0 saturated heterocycles. The highest BCUT2D eigenvalue weighted by Crippen LogP contribution is 2.29. The number of thiazole rings is 1. The summed E-state index contributed by atoms with van der Waals surface area (Å²) in [6.45, 7) is -0.493. The third-order valence-corrected chi connectivity index (χ3v) is 6.18. The number of hydrogen-bond acceptors (Lipinski definition) is 6. The average Bonchev–Trinajstić information content (AvgIpc) is 3.19. The summed E-state index contributed by atoms with van der Waals surface area (Å²) in [6, 6.07) is 12.6. The highest BCUT2D eigenvalue weighted by atomic mass is 32.2. The molecule has 0 spiro atoms. The van der Waals surface area contributed by atoms with E-state index >= 15 is 0 Å². The first kappa shape index (κ1) is 21.5. The number of benzene rings is 2. The predicted octanol–water partition coefficient (Wildman–Crippen LogP) is 3.05. The Kier molecular flexibility index (Phi) is 6.52. The molecule has 3 rings (SSSR count). The van der Waals surface area contributed by atoms with Crippen LogP contribution < -0.4 is 10.6 Å². The van der Waals surface area contributed by atoms with Crippen LogP contribution >= 0.6 is 11.3 Å². The number of nitrogens with zero attached hydrogens (tertiary/aromatic N) is 1. The normalized spacial score (nSPS) is 12.0. The van der Waals surface area contributed by atoms with Crippen molar-refractivity contribution < 1.29 is 18.3 Å². The van der Waals surface area contributed by atoms with Gasteiger partial charge < -0.3 is 10.4 Å². The van der Waals surface area contributed by atoms with E-state index in [1.54, 1.807) is 23.6 Å². The van der Waals surface area contributed by atoms with Gasteiger partial charge in [-0.15, -0.1) is 17.8 Å². The Morgan fingerprint density at radius 3 is 2.57 bits per heavy atom. The predicted molar refractivity (Wildman–Crippen MR) is 117 cm³/mol. The average molecular weight is 442 g/mol. The molecular formula is C21H19N3O4S2. The zero-order chi connectivity index (χ0) is 21.7. The number of nitrogens with one attached hydrogen (secondary N) is 2. The van der Waals surface area contributed by atoms with Crippen LogP contribution in [0.1, 0.15) is 16.6 Å². The third-order valence-electron chi connectivity index (χ3n) is 4.25. The second-order valence-corrected chi connectivity index (χ2v) is 9.25. The number of anilines is 1. The van der Waals surface area contributed by atoms with Crippen LogP contribution in [0.25, 0.3) is 11.1 Å². The van der Waals surface area contributed by atoms with E-state index in [0.29, 0.717) is 10.6 Å². The van der Waals surface area contributed by atoms with Gasteiger partial charge >= 0.3 is 6.03 Å². The van der Waals surface area contributed by atoms with Crippen LogP contribution in [0.15, 0.2) is 58.8 Å². The van der Waals surface area contributed by atoms with Gasteiger partial charge in [-0.2, -0.15) is 0 Å². The van der Waals surface area contributed by atoms with E-state index in [9.17, 15) is 18.3 Å². The van der Waals surface area contributed by atoms with E-state index in [4.69, 9.17) is 6.42 Å². The highest BCUT2D eigenvalue weighted by molar-refractivity contribution is 7.90. The van der Waals surface area contributed by atoms with Crippen molar-refractivity contribution >= 4 is 33.0 Å². The standard InChI is InChI=1S/C21H19N3O4S2/c1-3-20-23-19(13-29-20)24-21(26)22-17(12-25)16-10-9-15(11-18(16)30(2,27)28)14-7-5-4-6-8-14/h1,4-11,13,17,25H,12H2,2H3,(H2,22,24,26). The van der Waals surface area contributed by atoms with Crippen molar-refractivity contribution in [3.05, 3.63) is 64.5 Å². The number of urea groups is 1. The van der Waals surface area contributed by atoms with E-state index in [0.717, 1.165) is 11.8 Å². The lowest BCUT2D eigenvalue weighted by atomic mass is 10.0. The Morgan fingerprint density at radius 1 is 1.23 bits per heavy atom. The number of aromatic nitrogens is 1. The van der Waals surface area contributed by atoms with Crippen LogP contribution in [-0.4, -0.2) is 37.4 Å². The van der Waals surface area contributed by atoms with Crippen molar-refractivity contribution in [2.45, 2.75) is 10.9 Å².